The summed E-state index contributed by atoms with van der Waals surface area (Å²) in [4.78, 5) is 42.3. The van der Waals surface area contributed by atoms with Crippen molar-refractivity contribution in [3.8, 4) is 0 Å². The van der Waals surface area contributed by atoms with Crippen LogP contribution in [-0.2, 0) is 6.54 Å². The van der Waals surface area contributed by atoms with Gasteiger partial charge in [0.25, 0.3) is 11.8 Å². The summed E-state index contributed by atoms with van der Waals surface area (Å²) in [5.74, 6) is 4.93. The molecule has 5 rings (SSSR count). The molecule has 13 N–H and O–H groups in total. The number of benzene rings is 2. The lowest BCUT2D eigenvalue weighted by Gasteiger charge is -2.11. The second-order valence-electron chi connectivity index (χ2n) is 9.87. The Morgan fingerprint density at radius 3 is 2.43 bits per heavy atom. The first-order valence-corrected chi connectivity index (χ1v) is 13.6. The predicted molar refractivity (Wildman–Crippen MR) is 168 cm³/mol. The minimum absolute atomic E-state index is 0.0362. The van der Waals surface area contributed by atoms with Crippen molar-refractivity contribution in [1.29, 1.82) is 0 Å². The number of unbranched alkanes of at least 4 members (excludes halogenated alkanes) is 1. The van der Waals surface area contributed by atoms with Gasteiger partial charge in [-0.2, -0.15) is 9.97 Å². The number of hydrogen-bond donors (Lipinski definition) is 8. The first kappa shape index (κ1) is 29.5. The Bertz CT molecular complexity index is 1880. The van der Waals surface area contributed by atoms with Crippen molar-refractivity contribution in [2.75, 3.05) is 30.3 Å². The second kappa shape index (κ2) is 12.9. The molecule has 44 heavy (non-hydrogen) atoms. The maximum atomic E-state index is 12.8. The van der Waals surface area contributed by atoms with Gasteiger partial charge in [0, 0.05) is 47.0 Å². The molecular weight excluding hydrogens is 564 g/mol. The van der Waals surface area contributed by atoms with Gasteiger partial charge in [0.05, 0.1) is 24.0 Å². The molecule has 0 fully saturated rings. The molecular formula is C28H32N14O2. The van der Waals surface area contributed by atoms with E-state index in [1.165, 1.54) is 0 Å². The first-order valence-electron chi connectivity index (χ1n) is 13.6. The fourth-order valence-corrected chi connectivity index (χ4v) is 4.67. The molecule has 2 amide bonds. The van der Waals surface area contributed by atoms with Crippen LogP contribution in [0.2, 0.25) is 0 Å². The summed E-state index contributed by atoms with van der Waals surface area (Å²) in [6, 6.07) is 12.2. The Hall–Kier alpha value is -6.03. The number of nitrogen functional groups attached to an aromatic ring is 3. The maximum absolute atomic E-state index is 12.8. The van der Waals surface area contributed by atoms with Gasteiger partial charge in [0.1, 0.15) is 0 Å². The largest absolute Gasteiger partial charge is 0.399 e. The molecule has 16 heteroatoms. The highest BCUT2D eigenvalue weighted by molar-refractivity contribution is 6.09. The van der Waals surface area contributed by atoms with Crippen LogP contribution in [0.15, 0.2) is 60.0 Å². The van der Waals surface area contributed by atoms with Gasteiger partial charge in [0.2, 0.25) is 5.95 Å². The lowest BCUT2D eigenvalue weighted by molar-refractivity contribution is 0.0939. The minimum atomic E-state index is -0.324. The normalized spacial score (nSPS) is 11.5. The van der Waals surface area contributed by atoms with E-state index in [0.717, 1.165) is 10.9 Å². The van der Waals surface area contributed by atoms with Gasteiger partial charge in [-0.05, 0) is 55.3 Å². The van der Waals surface area contributed by atoms with E-state index in [0.29, 0.717) is 71.7 Å². The molecule has 0 aliphatic heterocycles. The molecule has 0 bridgehead atoms. The van der Waals surface area contributed by atoms with Crippen molar-refractivity contribution in [3.05, 3.63) is 77.2 Å². The van der Waals surface area contributed by atoms with Crippen LogP contribution in [0.5, 0.6) is 0 Å². The Morgan fingerprint density at radius 1 is 0.886 bits per heavy atom. The summed E-state index contributed by atoms with van der Waals surface area (Å²) in [7, 11) is 0. The Morgan fingerprint density at radius 2 is 1.66 bits per heavy atom. The standard InChI is InChI=1S/C28H32N14O2/c29-17-4-5-19(20(12-17)23(30)40-41-33)27(44)35-9-2-1-8-34-26(43)16-3-6-21-15(11-16)7-10-42(21)14-18-13-36-25-22(37-18)24(31)38-28(32)39-25/h3-7,10-13,41H,1-2,8-9,14,29,33H2,(H2,30,40)(H,34,43)(H,35,44)(H4,31,32,36,38,39). The van der Waals surface area contributed by atoms with E-state index in [1.807, 2.05) is 29.0 Å². The summed E-state index contributed by atoms with van der Waals surface area (Å²) < 4.78 is 2.00. The highest BCUT2D eigenvalue weighted by atomic mass is 16.2. The quantitative estimate of drug-likeness (QED) is 0.0253. The van der Waals surface area contributed by atoms with Gasteiger partial charge in [-0.25, -0.2) is 21.3 Å². The van der Waals surface area contributed by atoms with E-state index >= 15 is 0 Å². The van der Waals surface area contributed by atoms with Crippen LogP contribution in [-0.4, -0.2) is 55.2 Å². The molecule has 0 radical (unpaired) electrons. The number of nitrogens with two attached hydrogens (primary N) is 5. The van der Waals surface area contributed by atoms with E-state index in [4.69, 9.17) is 28.8 Å². The van der Waals surface area contributed by atoms with Gasteiger partial charge in [-0.3, -0.25) is 9.59 Å². The highest BCUT2D eigenvalue weighted by Crippen LogP contribution is 2.20. The highest BCUT2D eigenvalue weighted by Gasteiger charge is 2.15. The van der Waals surface area contributed by atoms with Crippen molar-refractivity contribution in [2.24, 2.45) is 16.7 Å². The second-order valence-corrected chi connectivity index (χ2v) is 9.87. The van der Waals surface area contributed by atoms with E-state index in [9.17, 15) is 9.59 Å². The number of fused-ring (bicyclic) bond motifs is 2. The van der Waals surface area contributed by atoms with Crippen molar-refractivity contribution < 1.29 is 9.59 Å². The number of amidine groups is 1. The van der Waals surface area contributed by atoms with E-state index in [-0.39, 0.29) is 29.4 Å². The lowest BCUT2D eigenvalue weighted by Crippen LogP contribution is -2.30. The van der Waals surface area contributed by atoms with Gasteiger partial charge >= 0.3 is 0 Å². The van der Waals surface area contributed by atoms with E-state index in [2.05, 4.69) is 41.2 Å². The summed E-state index contributed by atoms with van der Waals surface area (Å²) in [6.45, 7) is 1.28. The van der Waals surface area contributed by atoms with Crippen LogP contribution in [0.1, 0.15) is 44.8 Å². The molecule has 0 aliphatic carbocycles. The zero-order valence-corrected chi connectivity index (χ0v) is 23.6. The molecule has 0 unspecified atom stereocenters. The number of amides is 2. The molecule has 0 saturated carbocycles. The van der Waals surface area contributed by atoms with Crippen LogP contribution in [0.3, 0.4) is 0 Å². The van der Waals surface area contributed by atoms with Crippen molar-refractivity contribution in [3.63, 3.8) is 0 Å². The number of anilines is 3. The molecule has 226 valence electrons. The van der Waals surface area contributed by atoms with Gasteiger partial charge < -0.3 is 38.1 Å². The smallest absolute Gasteiger partial charge is 0.252 e. The number of aromatic nitrogens is 5. The zero-order valence-electron chi connectivity index (χ0n) is 23.6. The summed E-state index contributed by atoms with van der Waals surface area (Å²) in [6.07, 6.45) is 4.84. The fourth-order valence-electron chi connectivity index (χ4n) is 4.67. The molecule has 3 aromatic heterocycles. The number of carbonyl (C=O) groups excluding carboxylic acids is 2. The lowest BCUT2D eigenvalue weighted by atomic mass is 10.0. The molecule has 16 nitrogen and oxygen atoms in total. The predicted octanol–water partition coefficient (Wildman–Crippen LogP) is 0.193. The molecule has 0 atom stereocenters. The van der Waals surface area contributed by atoms with E-state index in [1.54, 1.807) is 30.5 Å². The molecule has 2 aromatic carbocycles. The van der Waals surface area contributed by atoms with Crippen LogP contribution in [0.4, 0.5) is 17.5 Å². The number of nitrogens with zero attached hydrogens (tertiary/aromatic N) is 6. The van der Waals surface area contributed by atoms with Crippen molar-refractivity contribution in [1.82, 2.24) is 40.7 Å². The van der Waals surface area contributed by atoms with Gasteiger partial charge in [-0.15, -0.1) is 5.10 Å². The Balaban J connectivity index is 1.12. The van der Waals surface area contributed by atoms with Crippen LogP contribution >= 0.6 is 0 Å². The van der Waals surface area contributed by atoms with E-state index < -0.39 is 0 Å². The van der Waals surface area contributed by atoms with Crippen LogP contribution in [0, 0.1) is 0 Å². The number of hydrogen-bond acceptors (Lipinski definition) is 12. The Labute approximate surface area is 251 Å². The zero-order chi connectivity index (χ0) is 31.2. The summed E-state index contributed by atoms with van der Waals surface area (Å²) in [5.41, 5.74) is 29.4. The Kier molecular flexibility index (Phi) is 8.62. The summed E-state index contributed by atoms with van der Waals surface area (Å²) >= 11 is 0. The fraction of sp³-hybridized carbons (Fsp3) is 0.179. The number of hydrazone groups is 1. The first-order chi connectivity index (χ1) is 21.2. The third kappa shape index (κ3) is 6.55. The SMILES string of the molecule is NN/N=C(\N)c1cc(N)ccc1C(=O)NCCCCNC(=O)c1ccc2c(ccn2Cc2cnc3nc(N)nc(N)c3n2)c1. The minimum Gasteiger partial charge on any atom is -0.399 e. The summed E-state index contributed by atoms with van der Waals surface area (Å²) in [5, 5.41) is 10.4. The van der Waals surface area contributed by atoms with Gasteiger partial charge in [0.15, 0.2) is 22.8 Å². The number of rotatable bonds is 11. The molecule has 0 spiro atoms. The van der Waals surface area contributed by atoms with Crippen LogP contribution in [0.25, 0.3) is 22.1 Å². The van der Waals surface area contributed by atoms with Crippen molar-refractivity contribution >= 4 is 57.2 Å². The molecule has 5 aromatic rings. The van der Waals surface area contributed by atoms with Gasteiger partial charge in [-0.1, -0.05) is 0 Å². The monoisotopic (exact) mass is 596 g/mol. The molecule has 0 aliphatic rings. The maximum Gasteiger partial charge on any atom is 0.252 e. The number of carbonyl (C=O) groups is 2. The number of nitrogens with one attached hydrogen (secondary N) is 3. The third-order valence-corrected chi connectivity index (χ3v) is 6.79. The van der Waals surface area contributed by atoms with Crippen molar-refractivity contribution in [2.45, 2.75) is 19.4 Å². The average molecular weight is 597 g/mol. The van der Waals surface area contributed by atoms with Crippen LogP contribution < -0.4 is 44.9 Å². The number of hydrazine groups is 1. The molecule has 0 saturated heterocycles. The third-order valence-electron chi connectivity index (χ3n) is 6.79. The molecule has 3 heterocycles. The average Bonchev–Trinajstić information content (AvgIpc) is 3.40. The topological polar surface area (TPSA) is 269 Å².